The summed E-state index contributed by atoms with van der Waals surface area (Å²) in [4.78, 5) is 37.7. The highest BCUT2D eigenvalue weighted by Crippen LogP contribution is 2.42. The number of para-hydroxylation sites is 1. The third-order valence-corrected chi connectivity index (χ3v) is 8.58. The highest BCUT2D eigenvalue weighted by molar-refractivity contribution is 6.04. The largest absolute Gasteiger partial charge is 0.490 e. The fourth-order valence-corrected chi connectivity index (χ4v) is 6.14. The van der Waals surface area contributed by atoms with Crippen LogP contribution in [0.15, 0.2) is 72.2 Å². The fourth-order valence-electron chi connectivity index (χ4n) is 6.14. The highest BCUT2D eigenvalue weighted by atomic mass is 16.5. The van der Waals surface area contributed by atoms with Gasteiger partial charge in [0.25, 0.3) is 5.56 Å². The van der Waals surface area contributed by atoms with Gasteiger partial charge in [-0.25, -0.2) is 4.98 Å². The van der Waals surface area contributed by atoms with Gasteiger partial charge in [0.1, 0.15) is 34.9 Å². The number of anilines is 2. The fraction of sp³-hybridized carbons (Fsp3) is 0.353. The minimum absolute atomic E-state index is 0.193. The molecule has 220 valence electrons. The van der Waals surface area contributed by atoms with Gasteiger partial charge in [-0.1, -0.05) is 18.7 Å². The molecule has 1 saturated heterocycles. The van der Waals surface area contributed by atoms with Crippen LogP contribution < -0.4 is 25.7 Å². The van der Waals surface area contributed by atoms with Gasteiger partial charge < -0.3 is 20.1 Å². The summed E-state index contributed by atoms with van der Waals surface area (Å²) >= 11 is 0. The number of fused-ring (bicyclic) bond motifs is 2. The Bertz CT molecular complexity index is 1790. The molecular formula is C34H35N5O4. The van der Waals surface area contributed by atoms with Crippen LogP contribution in [-0.4, -0.2) is 45.1 Å². The Kier molecular flexibility index (Phi) is 6.77. The van der Waals surface area contributed by atoms with Crippen molar-refractivity contribution in [1.82, 2.24) is 19.9 Å². The summed E-state index contributed by atoms with van der Waals surface area (Å²) in [6, 6.07) is 15.7. The van der Waals surface area contributed by atoms with Crippen LogP contribution in [0, 0.1) is 5.92 Å². The average Bonchev–Trinajstić information content (AvgIpc) is 3.85. The number of carbonyl (C=O) groups excluding carboxylic acids is 1. The van der Waals surface area contributed by atoms with Gasteiger partial charge in [0.15, 0.2) is 5.78 Å². The topological polar surface area (TPSA) is 107 Å². The molecule has 0 amide bonds. The lowest BCUT2D eigenvalue weighted by molar-refractivity contribution is 0.0304. The minimum Gasteiger partial charge on any atom is -0.490 e. The summed E-state index contributed by atoms with van der Waals surface area (Å²) < 4.78 is 14.0. The number of Topliss-reactive ketones (excluding diaryl/α,β-unsaturated/α-hetero) is 1. The molecule has 1 unspecified atom stereocenters. The van der Waals surface area contributed by atoms with Crippen molar-refractivity contribution in [3.63, 3.8) is 0 Å². The Labute approximate surface area is 250 Å². The number of nitrogens with one attached hydrogen (secondary N) is 2. The van der Waals surface area contributed by atoms with Gasteiger partial charge in [0.05, 0.1) is 5.56 Å². The molecule has 3 aliphatic rings. The second kappa shape index (κ2) is 10.6. The smallest absolute Gasteiger partial charge is 0.260 e. The Morgan fingerprint density at radius 2 is 1.81 bits per heavy atom. The lowest BCUT2D eigenvalue weighted by Crippen LogP contribution is -2.50. The molecule has 0 spiro atoms. The number of rotatable bonds is 7. The van der Waals surface area contributed by atoms with Gasteiger partial charge in [-0.3, -0.25) is 14.2 Å². The molecule has 1 saturated carbocycles. The van der Waals surface area contributed by atoms with Crippen LogP contribution in [0.25, 0.3) is 16.6 Å². The predicted molar refractivity (Wildman–Crippen MR) is 166 cm³/mol. The summed E-state index contributed by atoms with van der Waals surface area (Å²) in [6.07, 6.45) is 5.87. The van der Waals surface area contributed by atoms with E-state index in [1.165, 1.54) is 4.57 Å². The first-order valence-electron chi connectivity index (χ1n) is 15.0. The first-order chi connectivity index (χ1) is 20.8. The van der Waals surface area contributed by atoms with Gasteiger partial charge >= 0.3 is 0 Å². The number of carbonyl (C=O) groups is 1. The van der Waals surface area contributed by atoms with E-state index in [1.807, 2.05) is 44.2 Å². The standard InChI is InChI=1S/C34H35N5O4/c1-20(21-8-9-21)27-18-22-19-36-33(37-23-10-12-24(13-11-23)42-25-14-16-35-17-15-25)38-31(22)39(32(27)41)30-29(40)26-6-4-5-7-28(26)43-34(30,2)3/h4-7,10-13,18-19,21,25,30,35H,1,8-9,14-17H2,2-3H3,(H,36,37,38). The molecule has 4 aromatic rings. The van der Waals surface area contributed by atoms with Gasteiger partial charge in [-0.05, 0) is 107 Å². The van der Waals surface area contributed by atoms with Gasteiger partial charge in [0.2, 0.25) is 5.95 Å². The summed E-state index contributed by atoms with van der Waals surface area (Å²) in [7, 11) is 0. The Morgan fingerprint density at radius 1 is 1.07 bits per heavy atom. The number of benzene rings is 2. The molecule has 2 N–H and O–H groups in total. The monoisotopic (exact) mass is 577 g/mol. The van der Waals surface area contributed by atoms with Crippen molar-refractivity contribution < 1.29 is 14.3 Å². The Morgan fingerprint density at radius 3 is 2.56 bits per heavy atom. The number of aromatic nitrogens is 3. The van der Waals surface area contributed by atoms with E-state index in [-0.39, 0.29) is 23.4 Å². The molecule has 1 aliphatic carbocycles. The van der Waals surface area contributed by atoms with E-state index in [1.54, 1.807) is 30.5 Å². The first kappa shape index (κ1) is 27.3. The molecule has 4 heterocycles. The number of allylic oxidation sites excluding steroid dienone is 1. The van der Waals surface area contributed by atoms with Crippen LogP contribution in [0.3, 0.4) is 0 Å². The van der Waals surface area contributed by atoms with Crippen LogP contribution >= 0.6 is 0 Å². The third kappa shape index (κ3) is 5.18. The molecule has 2 aromatic carbocycles. The van der Waals surface area contributed by atoms with E-state index >= 15 is 0 Å². The van der Waals surface area contributed by atoms with Crippen LogP contribution in [0.4, 0.5) is 11.6 Å². The second-order valence-corrected chi connectivity index (χ2v) is 12.2. The van der Waals surface area contributed by atoms with E-state index in [2.05, 4.69) is 22.2 Å². The zero-order valence-corrected chi connectivity index (χ0v) is 24.4. The van der Waals surface area contributed by atoms with E-state index in [0.717, 1.165) is 55.8 Å². The van der Waals surface area contributed by atoms with Gasteiger partial charge in [-0.2, -0.15) is 4.98 Å². The number of pyridine rings is 1. The zero-order valence-electron chi connectivity index (χ0n) is 24.4. The summed E-state index contributed by atoms with van der Waals surface area (Å²) in [5.74, 6) is 1.71. The average molecular weight is 578 g/mol. The quantitative estimate of drug-likeness (QED) is 0.289. The van der Waals surface area contributed by atoms with Crippen LogP contribution in [-0.2, 0) is 0 Å². The lowest BCUT2D eigenvalue weighted by Gasteiger charge is -2.39. The third-order valence-electron chi connectivity index (χ3n) is 8.58. The van der Waals surface area contributed by atoms with Crippen molar-refractivity contribution in [2.75, 3.05) is 18.4 Å². The van der Waals surface area contributed by atoms with Crippen molar-refractivity contribution >= 4 is 34.0 Å². The first-order valence-corrected chi connectivity index (χ1v) is 15.0. The van der Waals surface area contributed by atoms with Crippen molar-refractivity contribution in [1.29, 1.82) is 0 Å². The van der Waals surface area contributed by atoms with Crippen LogP contribution in [0.1, 0.15) is 61.5 Å². The van der Waals surface area contributed by atoms with Crippen molar-refractivity contribution in [2.45, 2.75) is 57.3 Å². The van der Waals surface area contributed by atoms with Crippen LogP contribution in [0.2, 0.25) is 0 Å². The number of nitrogens with zero attached hydrogens (tertiary/aromatic N) is 3. The molecule has 9 nitrogen and oxygen atoms in total. The van der Waals surface area contributed by atoms with Crippen molar-refractivity contribution in [2.24, 2.45) is 5.92 Å². The number of hydrogen-bond donors (Lipinski definition) is 2. The maximum absolute atomic E-state index is 14.3. The minimum atomic E-state index is -1.02. The highest BCUT2D eigenvalue weighted by Gasteiger charge is 2.46. The summed E-state index contributed by atoms with van der Waals surface area (Å²) in [6.45, 7) is 9.85. The number of ether oxygens (including phenoxy) is 2. The molecule has 2 fully saturated rings. The summed E-state index contributed by atoms with van der Waals surface area (Å²) in [5, 5.41) is 7.25. The Balaban J connectivity index is 1.28. The predicted octanol–water partition coefficient (Wildman–Crippen LogP) is 5.68. The maximum Gasteiger partial charge on any atom is 0.260 e. The maximum atomic E-state index is 14.3. The molecule has 0 radical (unpaired) electrons. The molecule has 7 rings (SSSR count). The molecular weight excluding hydrogens is 542 g/mol. The van der Waals surface area contributed by atoms with Crippen LogP contribution in [0.5, 0.6) is 11.5 Å². The molecule has 2 aromatic heterocycles. The van der Waals surface area contributed by atoms with E-state index in [4.69, 9.17) is 14.5 Å². The zero-order chi connectivity index (χ0) is 29.7. The number of piperidine rings is 1. The molecule has 1 atom stereocenters. The lowest BCUT2D eigenvalue weighted by atomic mass is 9.86. The van der Waals surface area contributed by atoms with E-state index in [0.29, 0.717) is 33.9 Å². The molecule has 0 bridgehead atoms. The molecule has 43 heavy (non-hydrogen) atoms. The number of hydrogen-bond acceptors (Lipinski definition) is 8. The van der Waals surface area contributed by atoms with Gasteiger partial charge in [0, 0.05) is 22.8 Å². The van der Waals surface area contributed by atoms with E-state index < -0.39 is 11.6 Å². The van der Waals surface area contributed by atoms with Crippen molar-refractivity contribution in [3.05, 3.63) is 88.9 Å². The van der Waals surface area contributed by atoms with E-state index in [9.17, 15) is 9.59 Å². The second-order valence-electron chi connectivity index (χ2n) is 12.2. The normalized spacial score (nSPS) is 19.9. The summed E-state index contributed by atoms with van der Waals surface area (Å²) in [5.41, 5.74) is 1.53. The molecule has 2 aliphatic heterocycles. The molecule has 9 heteroatoms. The number of ketones is 1. The van der Waals surface area contributed by atoms with Gasteiger partial charge in [-0.15, -0.1) is 0 Å². The Hall–Kier alpha value is -4.50. The SMILES string of the molecule is C=C(c1cc2cnc(Nc3ccc(OC4CCNCC4)cc3)nc2n(C2C(=O)c3ccccc3OC2(C)C)c1=O)C1CC1. The van der Waals surface area contributed by atoms with Crippen molar-refractivity contribution in [3.8, 4) is 11.5 Å².